The summed E-state index contributed by atoms with van der Waals surface area (Å²) in [6.45, 7) is 1.83. The van der Waals surface area contributed by atoms with Crippen molar-refractivity contribution in [1.29, 1.82) is 0 Å². The number of hydrogen-bond acceptors (Lipinski definition) is 5. The van der Waals surface area contributed by atoms with E-state index < -0.39 is 6.10 Å². The van der Waals surface area contributed by atoms with Crippen LogP contribution in [0.5, 0.6) is 5.75 Å². The summed E-state index contributed by atoms with van der Waals surface area (Å²) >= 11 is 0. The third-order valence-electron chi connectivity index (χ3n) is 3.46. The molecule has 3 aromatic rings. The summed E-state index contributed by atoms with van der Waals surface area (Å²) in [4.78, 5) is 0. The molecule has 23 heavy (non-hydrogen) atoms. The van der Waals surface area contributed by atoms with E-state index >= 15 is 0 Å². The third kappa shape index (κ3) is 3.54. The van der Waals surface area contributed by atoms with E-state index in [1.54, 1.807) is 37.3 Å². The molecule has 0 saturated carbocycles. The summed E-state index contributed by atoms with van der Waals surface area (Å²) in [7, 11) is 0. The molecule has 0 spiro atoms. The van der Waals surface area contributed by atoms with Crippen LogP contribution in [-0.2, 0) is 0 Å². The molecule has 118 valence electrons. The standard InChI is InChI=1S/C17H15FN2O3/c1-11-8-13(18)4-7-15(11)16(21)9-22-14-5-2-12(3-6-14)17-20-19-10-23-17/h2-8,10,16,21H,9H2,1H3. The van der Waals surface area contributed by atoms with Gasteiger partial charge >= 0.3 is 0 Å². The van der Waals surface area contributed by atoms with Crippen LogP contribution in [0.1, 0.15) is 17.2 Å². The molecule has 1 atom stereocenters. The highest BCUT2D eigenvalue weighted by Crippen LogP contribution is 2.23. The fourth-order valence-corrected chi connectivity index (χ4v) is 2.27. The molecule has 1 unspecified atom stereocenters. The normalized spacial score (nSPS) is 12.1. The lowest BCUT2D eigenvalue weighted by atomic mass is 10.0. The summed E-state index contributed by atoms with van der Waals surface area (Å²) in [5.74, 6) is 0.710. The molecule has 1 N–H and O–H groups in total. The Labute approximate surface area is 132 Å². The van der Waals surface area contributed by atoms with Crippen molar-refractivity contribution in [3.63, 3.8) is 0 Å². The predicted octanol–water partition coefficient (Wildman–Crippen LogP) is 3.30. The van der Waals surface area contributed by atoms with E-state index in [1.807, 2.05) is 0 Å². The lowest BCUT2D eigenvalue weighted by Gasteiger charge is -2.15. The van der Waals surface area contributed by atoms with Gasteiger partial charge in [-0.05, 0) is 54.4 Å². The van der Waals surface area contributed by atoms with Crippen molar-refractivity contribution < 1.29 is 18.7 Å². The fraction of sp³-hybridized carbons (Fsp3) is 0.176. The highest BCUT2D eigenvalue weighted by Gasteiger charge is 2.12. The number of rotatable bonds is 5. The second-order valence-corrected chi connectivity index (χ2v) is 5.10. The number of ether oxygens (including phenoxy) is 1. The van der Waals surface area contributed by atoms with Crippen LogP contribution in [0.15, 0.2) is 53.3 Å². The molecule has 0 bridgehead atoms. The van der Waals surface area contributed by atoms with E-state index in [-0.39, 0.29) is 12.4 Å². The van der Waals surface area contributed by atoms with Gasteiger partial charge in [0.2, 0.25) is 12.3 Å². The van der Waals surface area contributed by atoms with E-state index in [9.17, 15) is 9.50 Å². The maximum atomic E-state index is 13.1. The number of aliphatic hydroxyl groups excluding tert-OH is 1. The van der Waals surface area contributed by atoms with Crippen LogP contribution in [0.25, 0.3) is 11.5 Å². The van der Waals surface area contributed by atoms with Gasteiger partial charge in [-0.15, -0.1) is 10.2 Å². The maximum Gasteiger partial charge on any atom is 0.247 e. The molecular formula is C17H15FN2O3. The molecule has 0 fully saturated rings. The van der Waals surface area contributed by atoms with Gasteiger partial charge in [0, 0.05) is 5.56 Å². The van der Waals surface area contributed by atoms with Gasteiger partial charge in [-0.1, -0.05) is 6.07 Å². The zero-order chi connectivity index (χ0) is 16.2. The number of aromatic nitrogens is 2. The summed E-state index contributed by atoms with van der Waals surface area (Å²) < 4.78 is 23.8. The monoisotopic (exact) mass is 314 g/mol. The number of aryl methyl sites for hydroxylation is 1. The molecule has 0 saturated heterocycles. The Morgan fingerprint density at radius 3 is 2.65 bits per heavy atom. The topological polar surface area (TPSA) is 68.4 Å². The van der Waals surface area contributed by atoms with Crippen molar-refractivity contribution >= 4 is 0 Å². The molecule has 6 heteroatoms. The average molecular weight is 314 g/mol. The molecule has 0 amide bonds. The Bertz CT molecular complexity index is 773. The van der Waals surface area contributed by atoms with Crippen LogP contribution in [0.4, 0.5) is 4.39 Å². The predicted molar refractivity (Wildman–Crippen MR) is 81.3 cm³/mol. The Hall–Kier alpha value is -2.73. The van der Waals surface area contributed by atoms with Crippen LogP contribution < -0.4 is 4.74 Å². The molecular weight excluding hydrogens is 299 g/mol. The molecule has 1 heterocycles. The minimum atomic E-state index is -0.828. The van der Waals surface area contributed by atoms with Crippen LogP contribution in [-0.4, -0.2) is 21.9 Å². The van der Waals surface area contributed by atoms with Crippen LogP contribution in [0, 0.1) is 12.7 Å². The Balaban J connectivity index is 1.63. The highest BCUT2D eigenvalue weighted by molar-refractivity contribution is 5.53. The summed E-state index contributed by atoms with van der Waals surface area (Å²) in [5, 5.41) is 17.6. The second kappa shape index (κ2) is 6.58. The smallest absolute Gasteiger partial charge is 0.247 e. The molecule has 2 aromatic carbocycles. The van der Waals surface area contributed by atoms with Gasteiger partial charge in [0.1, 0.15) is 24.3 Å². The summed E-state index contributed by atoms with van der Waals surface area (Å²) in [5.41, 5.74) is 2.12. The van der Waals surface area contributed by atoms with Gasteiger partial charge in [0.15, 0.2) is 0 Å². The number of halogens is 1. The van der Waals surface area contributed by atoms with Crippen molar-refractivity contribution in [2.45, 2.75) is 13.0 Å². The molecule has 0 aliphatic rings. The van der Waals surface area contributed by atoms with E-state index in [4.69, 9.17) is 9.15 Å². The van der Waals surface area contributed by atoms with Gasteiger partial charge in [0.25, 0.3) is 0 Å². The van der Waals surface area contributed by atoms with Crippen LogP contribution in [0.3, 0.4) is 0 Å². The molecule has 0 aliphatic heterocycles. The average Bonchev–Trinajstić information content (AvgIpc) is 3.07. The quantitative estimate of drug-likeness (QED) is 0.782. The van der Waals surface area contributed by atoms with Crippen LogP contribution >= 0.6 is 0 Å². The second-order valence-electron chi connectivity index (χ2n) is 5.10. The summed E-state index contributed by atoms with van der Waals surface area (Å²) in [6, 6.07) is 11.4. The molecule has 0 aliphatic carbocycles. The highest BCUT2D eigenvalue weighted by atomic mass is 19.1. The number of nitrogens with zero attached hydrogens (tertiary/aromatic N) is 2. The lowest BCUT2D eigenvalue weighted by molar-refractivity contribution is 0.107. The minimum Gasteiger partial charge on any atom is -0.491 e. The number of aliphatic hydroxyl groups is 1. The van der Waals surface area contributed by atoms with Gasteiger partial charge in [0.05, 0.1) is 0 Å². The van der Waals surface area contributed by atoms with E-state index in [2.05, 4.69) is 10.2 Å². The zero-order valence-corrected chi connectivity index (χ0v) is 12.4. The summed E-state index contributed by atoms with van der Waals surface area (Å²) in [6.07, 6.45) is 0.437. The van der Waals surface area contributed by atoms with Gasteiger partial charge in [-0.25, -0.2) is 4.39 Å². The first-order valence-electron chi connectivity index (χ1n) is 7.07. The van der Waals surface area contributed by atoms with Gasteiger partial charge < -0.3 is 14.3 Å². The SMILES string of the molecule is Cc1cc(F)ccc1C(O)COc1ccc(-c2nnco2)cc1. The largest absolute Gasteiger partial charge is 0.491 e. The van der Waals surface area contributed by atoms with Gasteiger partial charge in [-0.3, -0.25) is 0 Å². The molecule has 0 radical (unpaired) electrons. The Kier molecular flexibility index (Phi) is 4.34. The maximum absolute atomic E-state index is 13.1. The van der Waals surface area contributed by atoms with E-state index in [1.165, 1.54) is 18.5 Å². The van der Waals surface area contributed by atoms with E-state index in [0.717, 1.165) is 5.56 Å². The van der Waals surface area contributed by atoms with Crippen molar-refractivity contribution in [3.8, 4) is 17.2 Å². The first-order chi connectivity index (χ1) is 11.1. The van der Waals surface area contributed by atoms with Crippen molar-refractivity contribution in [2.24, 2.45) is 0 Å². The van der Waals surface area contributed by atoms with Gasteiger partial charge in [-0.2, -0.15) is 0 Å². The zero-order valence-electron chi connectivity index (χ0n) is 12.4. The third-order valence-corrected chi connectivity index (χ3v) is 3.46. The first kappa shape index (κ1) is 15.2. The number of hydrogen-bond donors (Lipinski definition) is 1. The molecule has 5 nitrogen and oxygen atoms in total. The fourth-order valence-electron chi connectivity index (χ4n) is 2.27. The van der Waals surface area contributed by atoms with Crippen LogP contribution in [0.2, 0.25) is 0 Å². The lowest BCUT2D eigenvalue weighted by Crippen LogP contribution is -2.11. The number of benzene rings is 2. The van der Waals surface area contributed by atoms with Crippen molar-refractivity contribution in [1.82, 2.24) is 10.2 Å². The minimum absolute atomic E-state index is 0.0758. The van der Waals surface area contributed by atoms with E-state index in [0.29, 0.717) is 22.8 Å². The Morgan fingerprint density at radius 1 is 1.22 bits per heavy atom. The molecule has 3 rings (SSSR count). The first-order valence-corrected chi connectivity index (χ1v) is 7.07. The molecule has 1 aromatic heterocycles. The van der Waals surface area contributed by atoms with Crippen molar-refractivity contribution in [3.05, 3.63) is 65.8 Å². The Morgan fingerprint density at radius 2 is 2.00 bits per heavy atom. The van der Waals surface area contributed by atoms with Crippen molar-refractivity contribution in [2.75, 3.05) is 6.61 Å².